The van der Waals surface area contributed by atoms with Gasteiger partial charge in [-0.15, -0.1) is 0 Å². The van der Waals surface area contributed by atoms with Gasteiger partial charge < -0.3 is 19.1 Å². The molecule has 3 heterocycles. The minimum atomic E-state index is -0.719. The number of imidazole rings is 1. The summed E-state index contributed by atoms with van der Waals surface area (Å²) < 4.78 is 13.6. The molecule has 0 radical (unpaired) electrons. The van der Waals surface area contributed by atoms with E-state index in [0.29, 0.717) is 18.6 Å². The molecule has 1 N–H and O–H groups in total. The van der Waals surface area contributed by atoms with Crippen molar-refractivity contribution in [2.75, 3.05) is 12.0 Å². The summed E-state index contributed by atoms with van der Waals surface area (Å²) in [5, 5.41) is 9.49. The molecule has 0 spiro atoms. The van der Waals surface area contributed by atoms with Crippen molar-refractivity contribution < 1.29 is 24.2 Å². The summed E-state index contributed by atoms with van der Waals surface area (Å²) in [5.41, 5.74) is 3.72. The number of fused-ring (bicyclic) bond motifs is 3. The third kappa shape index (κ3) is 4.27. The Kier molecular flexibility index (Phi) is 6.55. The molecule has 2 aliphatic rings. The highest BCUT2D eigenvalue weighted by atomic mass is 16.5. The zero-order valence-corrected chi connectivity index (χ0v) is 20.9. The van der Waals surface area contributed by atoms with Crippen LogP contribution in [0.2, 0.25) is 0 Å². The number of amides is 1. The van der Waals surface area contributed by atoms with E-state index >= 15 is 0 Å². The van der Waals surface area contributed by atoms with E-state index in [1.54, 1.807) is 17.3 Å². The molecule has 36 heavy (non-hydrogen) atoms. The van der Waals surface area contributed by atoms with Crippen LogP contribution in [0.5, 0.6) is 5.75 Å². The number of hydrogen-bond acceptors (Lipinski definition) is 6. The molecule has 1 unspecified atom stereocenters. The van der Waals surface area contributed by atoms with Gasteiger partial charge in [0.25, 0.3) is 0 Å². The molecule has 190 valence electrons. The average molecular weight is 493 g/mol. The van der Waals surface area contributed by atoms with Gasteiger partial charge in [-0.3, -0.25) is 14.7 Å². The topological polar surface area (TPSA) is 107 Å². The molecule has 5 rings (SSSR count). The van der Waals surface area contributed by atoms with Crippen LogP contribution in [0.4, 0.5) is 10.5 Å². The number of carbonyl (C=O) groups excluding carboxylic acids is 1. The van der Waals surface area contributed by atoms with Crippen LogP contribution in [0.3, 0.4) is 0 Å². The van der Waals surface area contributed by atoms with Crippen molar-refractivity contribution in [3.05, 3.63) is 48.0 Å². The minimum absolute atomic E-state index is 0.0306. The summed E-state index contributed by atoms with van der Waals surface area (Å²) in [6, 6.07) is 7.87. The molecule has 1 aliphatic carbocycles. The number of nitrogens with zero attached hydrogens (tertiary/aromatic N) is 4. The van der Waals surface area contributed by atoms with Crippen LogP contribution in [-0.2, 0) is 16.0 Å². The van der Waals surface area contributed by atoms with E-state index in [-0.39, 0.29) is 30.2 Å². The SMILES string of the molecule is COC(=O)N1c2ccc3c(nc([C@H](C)Oc4cccnc4)n3C3CCC(C(=O)O)CC3)c2CCC1C. The van der Waals surface area contributed by atoms with Gasteiger partial charge in [0.05, 0.1) is 35.9 Å². The van der Waals surface area contributed by atoms with Gasteiger partial charge in [-0.1, -0.05) is 0 Å². The number of pyridine rings is 1. The summed E-state index contributed by atoms with van der Waals surface area (Å²) in [6.45, 7) is 4.00. The van der Waals surface area contributed by atoms with E-state index in [1.165, 1.54) is 7.11 Å². The average Bonchev–Trinajstić information content (AvgIpc) is 3.29. The fourth-order valence-electron chi connectivity index (χ4n) is 5.72. The largest absolute Gasteiger partial charge is 0.481 e. The molecule has 1 saturated carbocycles. The molecule has 9 nitrogen and oxygen atoms in total. The molecular formula is C27H32N4O5. The van der Waals surface area contributed by atoms with Crippen molar-refractivity contribution in [1.82, 2.24) is 14.5 Å². The Morgan fingerprint density at radius 1 is 1.14 bits per heavy atom. The van der Waals surface area contributed by atoms with Crippen molar-refractivity contribution in [2.24, 2.45) is 5.92 Å². The molecule has 2 atom stereocenters. The first-order chi connectivity index (χ1) is 17.4. The van der Waals surface area contributed by atoms with Crippen molar-refractivity contribution in [3.8, 4) is 5.75 Å². The lowest BCUT2D eigenvalue weighted by molar-refractivity contribution is -0.143. The van der Waals surface area contributed by atoms with E-state index in [9.17, 15) is 14.7 Å². The number of carboxylic acid groups (broad SMARTS) is 1. The lowest BCUT2D eigenvalue weighted by Crippen LogP contribution is -2.42. The molecule has 1 amide bonds. The molecule has 0 bridgehead atoms. The molecule has 1 aromatic carbocycles. The number of anilines is 1. The number of aromatic nitrogens is 3. The number of ether oxygens (including phenoxy) is 2. The quantitative estimate of drug-likeness (QED) is 0.515. The molecule has 2 aromatic heterocycles. The summed E-state index contributed by atoms with van der Waals surface area (Å²) in [7, 11) is 1.40. The number of rotatable bonds is 5. The summed E-state index contributed by atoms with van der Waals surface area (Å²) in [5.74, 6) is 0.435. The van der Waals surface area contributed by atoms with Crippen LogP contribution in [-0.4, -0.2) is 44.9 Å². The highest BCUT2D eigenvalue weighted by molar-refractivity contribution is 5.95. The minimum Gasteiger partial charge on any atom is -0.481 e. The van der Waals surface area contributed by atoms with E-state index in [2.05, 4.69) is 9.55 Å². The zero-order valence-electron chi connectivity index (χ0n) is 20.9. The van der Waals surface area contributed by atoms with Gasteiger partial charge in [-0.25, -0.2) is 9.78 Å². The molecule has 9 heteroatoms. The third-order valence-electron chi connectivity index (χ3n) is 7.58. The molecule has 3 aromatic rings. The van der Waals surface area contributed by atoms with Gasteiger partial charge in [0, 0.05) is 23.8 Å². The lowest BCUT2D eigenvalue weighted by atomic mass is 9.85. The Balaban J connectivity index is 1.60. The van der Waals surface area contributed by atoms with Crippen LogP contribution in [0.1, 0.15) is 69.5 Å². The monoisotopic (exact) mass is 492 g/mol. The predicted octanol–water partition coefficient (Wildman–Crippen LogP) is 5.29. The van der Waals surface area contributed by atoms with Crippen molar-refractivity contribution in [1.29, 1.82) is 0 Å². The van der Waals surface area contributed by atoms with E-state index < -0.39 is 5.97 Å². The van der Waals surface area contributed by atoms with Crippen molar-refractivity contribution in [3.63, 3.8) is 0 Å². The van der Waals surface area contributed by atoms with Gasteiger partial charge in [0.1, 0.15) is 5.75 Å². The molecular weight excluding hydrogens is 460 g/mol. The third-order valence-corrected chi connectivity index (χ3v) is 7.58. The predicted molar refractivity (Wildman–Crippen MR) is 134 cm³/mol. The molecule has 1 aliphatic heterocycles. The van der Waals surface area contributed by atoms with Gasteiger partial charge in [-0.2, -0.15) is 0 Å². The summed E-state index contributed by atoms with van der Waals surface area (Å²) in [4.78, 5) is 35.1. The first kappa shape index (κ1) is 24.1. The number of carboxylic acids is 1. The second kappa shape index (κ2) is 9.79. The van der Waals surface area contributed by atoms with E-state index in [1.807, 2.05) is 38.1 Å². The number of hydrogen-bond donors (Lipinski definition) is 1. The number of carbonyl (C=O) groups is 2. The highest BCUT2D eigenvalue weighted by Gasteiger charge is 2.34. The number of aryl methyl sites for hydroxylation is 1. The fourth-order valence-corrected chi connectivity index (χ4v) is 5.72. The number of benzene rings is 1. The normalized spacial score (nSPS) is 22.6. The maximum absolute atomic E-state index is 12.6. The van der Waals surface area contributed by atoms with Crippen molar-refractivity contribution in [2.45, 2.75) is 70.6 Å². The lowest BCUT2D eigenvalue weighted by Gasteiger charge is -2.34. The summed E-state index contributed by atoms with van der Waals surface area (Å²) >= 11 is 0. The maximum Gasteiger partial charge on any atom is 0.414 e. The zero-order chi connectivity index (χ0) is 25.4. The fraction of sp³-hybridized carbons (Fsp3) is 0.481. The number of methoxy groups -OCH3 is 1. The first-order valence-electron chi connectivity index (χ1n) is 12.6. The standard InChI is InChI=1S/C27H32N4O5/c1-16-6-11-21-22(30(16)27(34)35-3)12-13-23-24(21)29-25(17(2)36-20-5-4-14-28-15-20)31(23)19-9-7-18(8-10-19)26(32)33/h4-5,12-19H,6-11H2,1-3H3,(H,32,33)/t16?,17-,18?,19?/m0/s1. The first-order valence-corrected chi connectivity index (χ1v) is 12.6. The van der Waals surface area contributed by atoms with Crippen molar-refractivity contribution >= 4 is 28.8 Å². The van der Waals surface area contributed by atoms with Crippen LogP contribution >= 0.6 is 0 Å². The van der Waals surface area contributed by atoms with Crippen LogP contribution in [0.15, 0.2) is 36.7 Å². The second-order valence-electron chi connectivity index (χ2n) is 9.79. The highest BCUT2D eigenvalue weighted by Crippen LogP contribution is 2.41. The molecule has 1 fully saturated rings. The maximum atomic E-state index is 12.6. The van der Waals surface area contributed by atoms with Gasteiger partial charge in [0.15, 0.2) is 11.9 Å². The van der Waals surface area contributed by atoms with Gasteiger partial charge in [0.2, 0.25) is 0 Å². The Morgan fingerprint density at radius 2 is 1.92 bits per heavy atom. The van der Waals surface area contributed by atoms with Gasteiger partial charge >= 0.3 is 12.1 Å². The van der Waals surface area contributed by atoms with E-state index in [0.717, 1.165) is 53.8 Å². The van der Waals surface area contributed by atoms with Crippen LogP contribution < -0.4 is 9.64 Å². The Bertz CT molecular complexity index is 1270. The van der Waals surface area contributed by atoms with Crippen LogP contribution in [0.25, 0.3) is 11.0 Å². The Labute approximate surface area is 210 Å². The van der Waals surface area contributed by atoms with Crippen LogP contribution in [0, 0.1) is 5.92 Å². The van der Waals surface area contributed by atoms with Gasteiger partial charge in [-0.05, 0) is 76.6 Å². The number of aliphatic carboxylic acids is 1. The smallest absolute Gasteiger partial charge is 0.414 e. The second-order valence-corrected chi connectivity index (χ2v) is 9.79. The Morgan fingerprint density at radius 3 is 2.58 bits per heavy atom. The van der Waals surface area contributed by atoms with E-state index in [4.69, 9.17) is 14.5 Å². The summed E-state index contributed by atoms with van der Waals surface area (Å²) in [6.07, 6.45) is 7.07. The molecule has 0 saturated heterocycles. The Hall–Kier alpha value is -3.62.